The fraction of sp³-hybridized carbons (Fsp3) is 0.467. The molecule has 1 aliphatic heterocycles. The van der Waals surface area contributed by atoms with E-state index in [1.807, 2.05) is 6.92 Å². The van der Waals surface area contributed by atoms with Gasteiger partial charge in [-0.05, 0) is 47.7 Å². The molecular weight excluding hydrogens is 346 g/mol. The predicted molar refractivity (Wildman–Crippen MR) is 87.9 cm³/mol. The molecule has 0 unspecified atom stereocenters. The van der Waals surface area contributed by atoms with E-state index in [0.29, 0.717) is 12.5 Å². The van der Waals surface area contributed by atoms with Crippen LogP contribution in [0.2, 0.25) is 0 Å². The molecular formula is C15H18BrN5O. The molecule has 6 nitrogen and oxygen atoms in total. The third kappa shape index (κ3) is 3.52. The summed E-state index contributed by atoms with van der Waals surface area (Å²) >= 11 is 3.35. The number of rotatable bonds is 3. The summed E-state index contributed by atoms with van der Waals surface area (Å²) in [5.74, 6) is 1.24. The molecule has 3 heterocycles. The number of aromatic nitrogens is 4. The second-order valence-corrected chi connectivity index (χ2v) is 6.54. The lowest BCUT2D eigenvalue weighted by Gasteiger charge is -2.31. The Hall–Kier alpha value is -1.76. The Morgan fingerprint density at radius 3 is 2.59 bits per heavy atom. The number of nitrogens with zero attached hydrogens (tertiary/aromatic N) is 5. The van der Waals surface area contributed by atoms with Crippen molar-refractivity contribution in [2.75, 3.05) is 18.0 Å². The first-order valence-electron chi connectivity index (χ1n) is 7.39. The molecule has 0 aromatic carbocycles. The minimum Gasteiger partial charge on any atom is -0.341 e. The Balaban J connectivity index is 1.61. The Labute approximate surface area is 137 Å². The number of hydrogen-bond donors (Lipinski definition) is 0. The summed E-state index contributed by atoms with van der Waals surface area (Å²) in [7, 11) is 0. The number of aryl methyl sites for hydroxylation is 1. The number of halogens is 1. The molecule has 2 aromatic rings. The highest BCUT2D eigenvalue weighted by molar-refractivity contribution is 9.10. The van der Waals surface area contributed by atoms with Gasteiger partial charge in [0.25, 0.3) is 5.56 Å². The van der Waals surface area contributed by atoms with Gasteiger partial charge in [0.15, 0.2) is 0 Å². The van der Waals surface area contributed by atoms with Crippen molar-refractivity contribution < 1.29 is 0 Å². The molecule has 2 aromatic heterocycles. The van der Waals surface area contributed by atoms with Crippen molar-refractivity contribution in [2.24, 2.45) is 5.92 Å². The van der Waals surface area contributed by atoms with Crippen LogP contribution in [-0.4, -0.2) is 32.8 Å². The van der Waals surface area contributed by atoms with Crippen molar-refractivity contribution in [3.8, 4) is 0 Å². The minimum atomic E-state index is -0.0238. The highest BCUT2D eigenvalue weighted by Gasteiger charge is 2.21. The summed E-state index contributed by atoms with van der Waals surface area (Å²) in [4.78, 5) is 22.7. The van der Waals surface area contributed by atoms with Gasteiger partial charge in [-0.25, -0.2) is 14.6 Å². The van der Waals surface area contributed by atoms with Crippen molar-refractivity contribution in [3.05, 3.63) is 45.0 Å². The first kappa shape index (κ1) is 15.1. The number of hydrogen-bond acceptors (Lipinski definition) is 5. The van der Waals surface area contributed by atoms with Crippen LogP contribution in [0.1, 0.15) is 18.5 Å². The zero-order chi connectivity index (χ0) is 15.5. The fourth-order valence-corrected chi connectivity index (χ4v) is 2.92. The molecule has 0 radical (unpaired) electrons. The Morgan fingerprint density at radius 2 is 1.91 bits per heavy atom. The minimum absolute atomic E-state index is 0.0238. The van der Waals surface area contributed by atoms with Gasteiger partial charge in [-0.1, -0.05) is 0 Å². The van der Waals surface area contributed by atoms with Crippen molar-refractivity contribution >= 4 is 21.9 Å². The molecule has 1 aliphatic rings. The summed E-state index contributed by atoms with van der Waals surface area (Å²) in [6.07, 6.45) is 5.57. The SMILES string of the molecule is Cc1ccc(=O)n(CC2CCN(c3ncc(Br)cn3)CC2)n1. The standard InChI is InChI=1S/C15H18BrN5O/c1-11-2-3-14(22)21(19-11)10-12-4-6-20(7-5-12)15-17-8-13(16)9-18-15/h2-3,8-9,12H,4-7,10H2,1H3. The maximum absolute atomic E-state index is 11.8. The summed E-state index contributed by atoms with van der Waals surface area (Å²) in [5, 5.41) is 4.31. The van der Waals surface area contributed by atoms with E-state index in [2.05, 4.69) is 35.9 Å². The predicted octanol–water partition coefficient (Wildman–Crippen LogP) is 2.02. The molecule has 0 saturated carbocycles. The van der Waals surface area contributed by atoms with E-state index in [-0.39, 0.29) is 5.56 Å². The molecule has 0 bridgehead atoms. The second-order valence-electron chi connectivity index (χ2n) is 5.63. The lowest BCUT2D eigenvalue weighted by molar-refractivity contribution is 0.332. The van der Waals surface area contributed by atoms with Crippen LogP contribution >= 0.6 is 15.9 Å². The van der Waals surface area contributed by atoms with Gasteiger partial charge in [-0.15, -0.1) is 0 Å². The van der Waals surface area contributed by atoms with E-state index >= 15 is 0 Å². The van der Waals surface area contributed by atoms with Crippen LogP contribution in [0.15, 0.2) is 33.8 Å². The highest BCUT2D eigenvalue weighted by Crippen LogP contribution is 2.21. The van der Waals surface area contributed by atoms with Crippen molar-refractivity contribution in [2.45, 2.75) is 26.3 Å². The normalized spacial score (nSPS) is 16.0. The van der Waals surface area contributed by atoms with Crippen LogP contribution in [0.4, 0.5) is 5.95 Å². The van der Waals surface area contributed by atoms with E-state index in [9.17, 15) is 4.79 Å². The van der Waals surface area contributed by atoms with E-state index < -0.39 is 0 Å². The van der Waals surface area contributed by atoms with Gasteiger partial charge < -0.3 is 4.90 Å². The van der Waals surface area contributed by atoms with Gasteiger partial charge >= 0.3 is 0 Å². The van der Waals surface area contributed by atoms with E-state index in [4.69, 9.17) is 0 Å². The molecule has 0 N–H and O–H groups in total. The third-order valence-electron chi connectivity index (χ3n) is 3.94. The fourth-order valence-electron chi connectivity index (χ4n) is 2.71. The van der Waals surface area contributed by atoms with Gasteiger partial charge in [0, 0.05) is 38.1 Å². The zero-order valence-corrected chi connectivity index (χ0v) is 14.0. The van der Waals surface area contributed by atoms with Gasteiger partial charge in [-0.2, -0.15) is 5.10 Å². The maximum Gasteiger partial charge on any atom is 0.266 e. The van der Waals surface area contributed by atoms with Crippen molar-refractivity contribution in [1.82, 2.24) is 19.7 Å². The quantitative estimate of drug-likeness (QED) is 0.834. The van der Waals surface area contributed by atoms with Gasteiger partial charge in [0.1, 0.15) is 0 Å². The molecule has 3 rings (SSSR count). The first-order chi connectivity index (χ1) is 10.6. The van der Waals surface area contributed by atoms with E-state index in [1.165, 1.54) is 0 Å². The average molecular weight is 364 g/mol. The topological polar surface area (TPSA) is 63.9 Å². The lowest BCUT2D eigenvalue weighted by atomic mass is 9.97. The molecule has 7 heteroatoms. The van der Waals surface area contributed by atoms with Crippen molar-refractivity contribution in [3.63, 3.8) is 0 Å². The molecule has 0 amide bonds. The van der Waals surface area contributed by atoms with Crippen LogP contribution in [0.5, 0.6) is 0 Å². The van der Waals surface area contributed by atoms with Gasteiger partial charge in [0.2, 0.25) is 5.95 Å². The molecule has 0 atom stereocenters. The van der Waals surface area contributed by atoms with Crippen LogP contribution in [0.25, 0.3) is 0 Å². The van der Waals surface area contributed by atoms with Gasteiger partial charge in [0.05, 0.1) is 10.2 Å². The van der Waals surface area contributed by atoms with Crippen LogP contribution in [0, 0.1) is 12.8 Å². The summed E-state index contributed by atoms with van der Waals surface area (Å²) in [6.45, 7) is 4.42. The Kier molecular flexibility index (Phi) is 4.52. The lowest BCUT2D eigenvalue weighted by Crippen LogP contribution is -2.37. The van der Waals surface area contributed by atoms with Gasteiger partial charge in [-0.3, -0.25) is 4.79 Å². The summed E-state index contributed by atoms with van der Waals surface area (Å²) < 4.78 is 2.47. The highest BCUT2D eigenvalue weighted by atomic mass is 79.9. The largest absolute Gasteiger partial charge is 0.341 e. The zero-order valence-electron chi connectivity index (χ0n) is 12.4. The Bertz CT molecular complexity index is 692. The molecule has 116 valence electrons. The molecule has 0 spiro atoms. The molecule has 0 aliphatic carbocycles. The molecule has 22 heavy (non-hydrogen) atoms. The average Bonchev–Trinajstić information content (AvgIpc) is 2.53. The molecule has 1 saturated heterocycles. The maximum atomic E-state index is 11.8. The smallest absolute Gasteiger partial charge is 0.266 e. The van der Waals surface area contributed by atoms with E-state index in [1.54, 1.807) is 29.2 Å². The molecule has 1 fully saturated rings. The van der Waals surface area contributed by atoms with Crippen LogP contribution < -0.4 is 10.5 Å². The summed E-state index contributed by atoms with van der Waals surface area (Å²) in [5.41, 5.74) is 0.851. The summed E-state index contributed by atoms with van der Waals surface area (Å²) in [6, 6.07) is 3.35. The third-order valence-corrected chi connectivity index (χ3v) is 4.34. The second kappa shape index (κ2) is 6.56. The van der Waals surface area contributed by atoms with Crippen LogP contribution in [0.3, 0.4) is 0 Å². The Morgan fingerprint density at radius 1 is 1.23 bits per heavy atom. The van der Waals surface area contributed by atoms with E-state index in [0.717, 1.165) is 42.0 Å². The first-order valence-corrected chi connectivity index (χ1v) is 8.18. The number of anilines is 1. The van der Waals surface area contributed by atoms with Crippen molar-refractivity contribution in [1.29, 1.82) is 0 Å². The number of piperidine rings is 1. The monoisotopic (exact) mass is 363 g/mol. The van der Waals surface area contributed by atoms with Crippen LogP contribution in [-0.2, 0) is 6.54 Å².